The highest BCUT2D eigenvalue weighted by Gasteiger charge is 2.20. The van der Waals surface area contributed by atoms with E-state index in [1.807, 2.05) is 20.8 Å². The van der Waals surface area contributed by atoms with E-state index in [1.165, 1.54) is 7.11 Å². The minimum Gasteiger partial charge on any atom is -0.469 e. The van der Waals surface area contributed by atoms with Crippen LogP contribution in [-0.2, 0) is 9.53 Å². The number of aliphatic hydroxyl groups is 1. The zero-order chi connectivity index (χ0) is 11.8. The Balaban J connectivity index is 3.73. The van der Waals surface area contributed by atoms with E-state index in [9.17, 15) is 9.90 Å². The third kappa shape index (κ3) is 5.74. The van der Waals surface area contributed by atoms with Gasteiger partial charge >= 0.3 is 5.97 Å². The van der Waals surface area contributed by atoms with Crippen LogP contribution in [0.4, 0.5) is 0 Å². The van der Waals surface area contributed by atoms with E-state index >= 15 is 0 Å². The molecule has 4 heteroatoms. The maximum atomic E-state index is 11.2. The lowest BCUT2D eigenvalue weighted by Gasteiger charge is -2.19. The lowest BCUT2D eigenvalue weighted by molar-refractivity contribution is -0.145. The number of ether oxygens (including phenoxy) is 1. The highest BCUT2D eigenvalue weighted by atomic mass is 16.5. The van der Waals surface area contributed by atoms with Crippen LogP contribution in [0.5, 0.6) is 0 Å². The number of rotatable bonds is 7. The van der Waals surface area contributed by atoms with Crippen molar-refractivity contribution in [1.29, 1.82) is 0 Å². The van der Waals surface area contributed by atoms with Crippen molar-refractivity contribution in [3.05, 3.63) is 0 Å². The number of hydrogen-bond donors (Lipinski definition) is 2. The number of methoxy groups -OCH3 is 1. The van der Waals surface area contributed by atoms with Crippen LogP contribution in [0, 0.1) is 5.92 Å². The van der Waals surface area contributed by atoms with Gasteiger partial charge in [-0.1, -0.05) is 13.8 Å². The van der Waals surface area contributed by atoms with Gasteiger partial charge in [0.1, 0.15) is 0 Å². The molecule has 0 aromatic heterocycles. The first-order valence-electron chi connectivity index (χ1n) is 5.52. The fraction of sp³-hybridized carbons (Fsp3) is 0.909. The van der Waals surface area contributed by atoms with Crippen LogP contribution in [0.3, 0.4) is 0 Å². The zero-order valence-electron chi connectivity index (χ0n) is 10.1. The Kier molecular flexibility index (Phi) is 7.34. The summed E-state index contributed by atoms with van der Waals surface area (Å²) in [7, 11) is 1.40. The summed E-state index contributed by atoms with van der Waals surface area (Å²) in [6.45, 7) is 6.45. The van der Waals surface area contributed by atoms with Crippen molar-refractivity contribution in [2.24, 2.45) is 5.92 Å². The molecule has 0 heterocycles. The van der Waals surface area contributed by atoms with Crippen molar-refractivity contribution in [2.45, 2.75) is 45.8 Å². The van der Waals surface area contributed by atoms with Crippen LogP contribution in [0.15, 0.2) is 0 Å². The van der Waals surface area contributed by atoms with E-state index < -0.39 is 0 Å². The van der Waals surface area contributed by atoms with Gasteiger partial charge in [-0.3, -0.25) is 4.79 Å². The molecule has 90 valence electrons. The summed E-state index contributed by atoms with van der Waals surface area (Å²) >= 11 is 0. The van der Waals surface area contributed by atoms with Crippen LogP contribution in [-0.4, -0.2) is 36.9 Å². The molecule has 0 aromatic rings. The Morgan fingerprint density at radius 3 is 2.53 bits per heavy atom. The summed E-state index contributed by atoms with van der Waals surface area (Å²) in [5.41, 5.74) is 0. The average Bonchev–Trinajstić information content (AvgIpc) is 2.26. The molecule has 0 aliphatic heterocycles. The van der Waals surface area contributed by atoms with Gasteiger partial charge in [-0.2, -0.15) is 0 Å². The van der Waals surface area contributed by atoms with E-state index in [2.05, 4.69) is 10.1 Å². The molecule has 15 heavy (non-hydrogen) atoms. The van der Waals surface area contributed by atoms with Crippen molar-refractivity contribution >= 4 is 5.97 Å². The Bertz CT molecular complexity index is 185. The minimum absolute atomic E-state index is 0.0708. The summed E-state index contributed by atoms with van der Waals surface area (Å²) < 4.78 is 4.65. The molecule has 3 atom stereocenters. The number of carbonyl (C=O) groups excluding carboxylic acids is 1. The van der Waals surface area contributed by atoms with E-state index in [4.69, 9.17) is 0 Å². The van der Waals surface area contributed by atoms with Crippen LogP contribution < -0.4 is 5.32 Å². The Hall–Kier alpha value is -0.610. The monoisotopic (exact) mass is 217 g/mol. The standard InChI is InChI=1S/C11H23NO3/c1-5-10(13)6-7-12-9(3)8(2)11(14)15-4/h8-10,12-13H,5-7H2,1-4H3. The van der Waals surface area contributed by atoms with E-state index in [0.717, 1.165) is 13.0 Å². The van der Waals surface area contributed by atoms with E-state index in [1.54, 1.807) is 0 Å². The maximum absolute atomic E-state index is 11.2. The van der Waals surface area contributed by atoms with Gasteiger partial charge in [0.05, 0.1) is 19.1 Å². The summed E-state index contributed by atoms with van der Waals surface area (Å²) in [4.78, 5) is 11.2. The first-order chi connectivity index (χ1) is 7.02. The predicted octanol–water partition coefficient (Wildman–Crippen LogP) is 0.935. The number of carbonyl (C=O) groups is 1. The highest BCUT2D eigenvalue weighted by Crippen LogP contribution is 2.05. The second-order valence-corrected chi connectivity index (χ2v) is 3.91. The Morgan fingerprint density at radius 1 is 1.47 bits per heavy atom. The molecule has 0 amide bonds. The van der Waals surface area contributed by atoms with Crippen LogP contribution in [0.1, 0.15) is 33.6 Å². The third-order valence-corrected chi connectivity index (χ3v) is 2.74. The molecule has 3 unspecified atom stereocenters. The molecule has 0 bridgehead atoms. The average molecular weight is 217 g/mol. The largest absolute Gasteiger partial charge is 0.469 e. The van der Waals surface area contributed by atoms with Gasteiger partial charge in [0.15, 0.2) is 0 Å². The predicted molar refractivity (Wildman–Crippen MR) is 59.6 cm³/mol. The van der Waals surface area contributed by atoms with E-state index in [0.29, 0.717) is 6.42 Å². The third-order valence-electron chi connectivity index (χ3n) is 2.74. The van der Waals surface area contributed by atoms with Gasteiger partial charge in [0.2, 0.25) is 0 Å². The molecular weight excluding hydrogens is 194 g/mol. The van der Waals surface area contributed by atoms with Gasteiger partial charge < -0.3 is 15.2 Å². The molecule has 0 rings (SSSR count). The Labute approximate surface area is 92.0 Å². The van der Waals surface area contributed by atoms with Gasteiger partial charge in [-0.15, -0.1) is 0 Å². The summed E-state index contributed by atoms with van der Waals surface area (Å²) in [5.74, 6) is -0.361. The molecule has 4 nitrogen and oxygen atoms in total. The molecule has 0 aromatic carbocycles. The molecule has 2 N–H and O–H groups in total. The first kappa shape index (κ1) is 14.4. The molecule has 0 spiro atoms. The van der Waals surface area contributed by atoms with E-state index in [-0.39, 0.29) is 24.0 Å². The normalized spacial score (nSPS) is 16.9. The fourth-order valence-corrected chi connectivity index (χ4v) is 1.25. The second-order valence-electron chi connectivity index (χ2n) is 3.91. The van der Waals surface area contributed by atoms with Crippen LogP contribution in [0.25, 0.3) is 0 Å². The quantitative estimate of drug-likeness (QED) is 0.623. The lowest BCUT2D eigenvalue weighted by Crippen LogP contribution is -2.38. The van der Waals surface area contributed by atoms with Crippen molar-refractivity contribution < 1.29 is 14.6 Å². The summed E-state index contributed by atoms with van der Waals surface area (Å²) in [6, 6.07) is 0.0708. The molecular formula is C11H23NO3. The van der Waals surface area contributed by atoms with Crippen molar-refractivity contribution in [1.82, 2.24) is 5.32 Å². The minimum atomic E-state index is -0.252. The molecule has 0 saturated carbocycles. The van der Waals surface area contributed by atoms with Crippen molar-refractivity contribution in [2.75, 3.05) is 13.7 Å². The lowest BCUT2D eigenvalue weighted by atomic mass is 10.0. The Morgan fingerprint density at radius 2 is 2.07 bits per heavy atom. The number of aliphatic hydroxyl groups excluding tert-OH is 1. The summed E-state index contributed by atoms with van der Waals surface area (Å²) in [6.07, 6.45) is 1.23. The first-order valence-corrected chi connectivity index (χ1v) is 5.52. The fourth-order valence-electron chi connectivity index (χ4n) is 1.25. The molecule has 0 aliphatic rings. The molecule has 0 aliphatic carbocycles. The molecule has 0 radical (unpaired) electrons. The zero-order valence-corrected chi connectivity index (χ0v) is 10.1. The van der Waals surface area contributed by atoms with Crippen molar-refractivity contribution in [3.8, 4) is 0 Å². The van der Waals surface area contributed by atoms with Gasteiger partial charge in [-0.05, 0) is 26.3 Å². The summed E-state index contributed by atoms with van der Waals surface area (Å²) in [5, 5.41) is 12.5. The van der Waals surface area contributed by atoms with Crippen LogP contribution >= 0.6 is 0 Å². The van der Waals surface area contributed by atoms with Gasteiger partial charge in [0.25, 0.3) is 0 Å². The van der Waals surface area contributed by atoms with Crippen molar-refractivity contribution in [3.63, 3.8) is 0 Å². The maximum Gasteiger partial charge on any atom is 0.309 e. The second kappa shape index (κ2) is 7.65. The van der Waals surface area contributed by atoms with Crippen LogP contribution in [0.2, 0.25) is 0 Å². The molecule has 0 fully saturated rings. The highest BCUT2D eigenvalue weighted by molar-refractivity contribution is 5.72. The van der Waals surface area contributed by atoms with Gasteiger partial charge in [0, 0.05) is 6.04 Å². The smallest absolute Gasteiger partial charge is 0.309 e. The number of nitrogens with one attached hydrogen (secondary N) is 1. The topological polar surface area (TPSA) is 58.6 Å². The SMILES string of the molecule is CCC(O)CCNC(C)C(C)C(=O)OC. The molecule has 0 saturated heterocycles. The number of esters is 1. The number of hydrogen-bond acceptors (Lipinski definition) is 4. The van der Waals surface area contributed by atoms with Gasteiger partial charge in [-0.25, -0.2) is 0 Å².